The van der Waals surface area contributed by atoms with Gasteiger partial charge in [-0.05, 0) is 37.1 Å². The number of aromatic carboxylic acids is 2. The quantitative estimate of drug-likeness (QED) is 0.246. The van der Waals surface area contributed by atoms with E-state index in [1.165, 1.54) is 14.2 Å². The molecule has 0 unspecified atom stereocenters. The Balaban J connectivity index is 0.000000767. The molecule has 224 valence electrons. The zero-order chi connectivity index (χ0) is 29.4. The van der Waals surface area contributed by atoms with Crippen LogP contribution in [0.15, 0.2) is 48.5 Å². The summed E-state index contributed by atoms with van der Waals surface area (Å²) in [5.41, 5.74) is 4.23. The monoisotopic (exact) mass is 642 g/mol. The van der Waals surface area contributed by atoms with Crippen LogP contribution in [0.25, 0.3) is 0 Å². The van der Waals surface area contributed by atoms with Gasteiger partial charge < -0.3 is 40.2 Å². The van der Waals surface area contributed by atoms with E-state index in [1.807, 2.05) is 36.4 Å². The van der Waals surface area contributed by atoms with Crippen molar-refractivity contribution in [2.75, 3.05) is 14.2 Å². The topological polar surface area (TPSA) is 213 Å². The van der Waals surface area contributed by atoms with Gasteiger partial charge in [0.1, 0.15) is 11.9 Å². The first-order chi connectivity index (χ1) is 19.0. The molecule has 0 aliphatic rings. The van der Waals surface area contributed by atoms with Crippen LogP contribution in [0.1, 0.15) is 54.9 Å². The summed E-state index contributed by atoms with van der Waals surface area (Å²) in [4.78, 5) is 37.2. The third-order valence-corrected chi connectivity index (χ3v) is 6.49. The Labute approximate surface area is 273 Å². The first kappa shape index (κ1) is 39.4. The number of aryl methyl sites for hydroxylation is 2. The molecular formula is C28H28Cl2MgN4O8. The van der Waals surface area contributed by atoms with Gasteiger partial charge in [0.05, 0.1) is 14.2 Å². The summed E-state index contributed by atoms with van der Waals surface area (Å²) >= 11 is 12.2. The minimum absolute atomic E-state index is 0. The van der Waals surface area contributed by atoms with Crippen molar-refractivity contribution in [1.82, 2.24) is 19.9 Å². The van der Waals surface area contributed by atoms with Gasteiger partial charge >= 0.3 is 23.1 Å². The Morgan fingerprint density at radius 2 is 1.00 bits per heavy atom. The first-order valence-corrected chi connectivity index (χ1v) is 12.5. The molecule has 4 N–H and O–H groups in total. The molecule has 4 rings (SSSR count). The summed E-state index contributed by atoms with van der Waals surface area (Å²) in [5.74, 6) is -3.20. The molecule has 12 nitrogen and oxygen atoms in total. The minimum atomic E-state index is -1.43. The van der Waals surface area contributed by atoms with Crippen LogP contribution in [0.5, 0.6) is 11.8 Å². The van der Waals surface area contributed by atoms with E-state index < -0.39 is 11.9 Å². The van der Waals surface area contributed by atoms with E-state index in [0.29, 0.717) is 45.4 Å². The number of benzene rings is 2. The maximum absolute atomic E-state index is 10.8. The molecule has 0 saturated carbocycles. The van der Waals surface area contributed by atoms with Crippen LogP contribution < -0.4 is 19.7 Å². The number of carbonyl (C=O) groups excluding carboxylic acids is 2. The third kappa shape index (κ3) is 10.3. The molecule has 0 saturated heterocycles. The standard InChI is InChI=1S/2C14H13ClN2O3.Mg.2H2O/c2*1-8-10(7-9-5-3-4-6-11(9)15)13(20-2)17-12(16-8)14(18)19;;;/h2*3-6H,7H2,1-2H3,(H,18,19);;2*1H2/q;;+2;;/p-2. The maximum atomic E-state index is 10.8. The summed E-state index contributed by atoms with van der Waals surface area (Å²) in [6, 6.07) is 14.8. The fourth-order valence-corrected chi connectivity index (χ4v) is 4.14. The number of halogens is 2. The molecule has 2 aromatic heterocycles. The second-order valence-corrected chi connectivity index (χ2v) is 9.17. The summed E-state index contributed by atoms with van der Waals surface area (Å²) in [6.07, 6.45) is 0.921. The Kier molecular flexibility index (Phi) is 16.6. The summed E-state index contributed by atoms with van der Waals surface area (Å²) in [5, 5.41) is 22.9. The number of carboxylic acid groups (broad SMARTS) is 2. The molecule has 15 heteroatoms. The molecule has 4 aromatic rings. The summed E-state index contributed by atoms with van der Waals surface area (Å²) < 4.78 is 10.3. The number of methoxy groups -OCH3 is 2. The van der Waals surface area contributed by atoms with Crippen LogP contribution >= 0.6 is 23.2 Å². The van der Waals surface area contributed by atoms with Crippen LogP contribution in [0.3, 0.4) is 0 Å². The molecule has 2 heterocycles. The van der Waals surface area contributed by atoms with Gasteiger partial charge in [-0.25, -0.2) is 9.97 Å². The van der Waals surface area contributed by atoms with E-state index in [4.69, 9.17) is 32.7 Å². The molecule has 43 heavy (non-hydrogen) atoms. The van der Waals surface area contributed by atoms with Crippen LogP contribution in [-0.2, 0) is 12.8 Å². The average molecular weight is 644 g/mol. The predicted octanol–water partition coefficient (Wildman–Crippen LogP) is 0.772. The van der Waals surface area contributed by atoms with E-state index in [2.05, 4.69) is 19.9 Å². The number of carbonyl (C=O) groups is 2. The number of hydrogen-bond donors (Lipinski definition) is 0. The zero-order valence-electron chi connectivity index (χ0n) is 23.7. The number of ether oxygens (including phenoxy) is 2. The largest absolute Gasteiger partial charge is 2.00 e. The van der Waals surface area contributed by atoms with Crippen LogP contribution in [0.2, 0.25) is 10.0 Å². The fourth-order valence-electron chi connectivity index (χ4n) is 3.73. The molecule has 0 spiro atoms. The number of rotatable bonds is 8. The van der Waals surface area contributed by atoms with Crippen molar-refractivity contribution in [3.05, 3.63) is 104 Å². The van der Waals surface area contributed by atoms with E-state index in [0.717, 1.165) is 11.1 Å². The molecule has 0 bridgehead atoms. The minimum Gasteiger partial charge on any atom is -0.541 e. The van der Waals surface area contributed by atoms with Gasteiger partial charge in [0, 0.05) is 45.4 Å². The fraction of sp³-hybridized carbons (Fsp3) is 0.214. The van der Waals surface area contributed by atoms with E-state index in [-0.39, 0.29) is 57.4 Å². The molecular weight excluding hydrogens is 616 g/mol. The predicted molar refractivity (Wildman–Crippen MR) is 157 cm³/mol. The van der Waals surface area contributed by atoms with E-state index in [1.54, 1.807) is 26.0 Å². The third-order valence-electron chi connectivity index (χ3n) is 5.75. The van der Waals surface area contributed by atoms with Crippen molar-refractivity contribution < 1.29 is 40.2 Å². The Morgan fingerprint density at radius 1 is 0.674 bits per heavy atom. The molecule has 0 radical (unpaired) electrons. The summed E-state index contributed by atoms with van der Waals surface area (Å²) in [7, 11) is 2.86. The summed E-state index contributed by atoms with van der Waals surface area (Å²) in [6.45, 7) is 3.39. The Bertz CT molecular complexity index is 1440. The molecule has 0 aliphatic heterocycles. The molecule has 0 atom stereocenters. The second-order valence-electron chi connectivity index (χ2n) is 8.35. The number of hydrogen-bond acceptors (Lipinski definition) is 10. The maximum Gasteiger partial charge on any atom is 2.00 e. The number of carboxylic acids is 2. The van der Waals surface area contributed by atoms with E-state index in [9.17, 15) is 19.8 Å². The van der Waals surface area contributed by atoms with Gasteiger partial charge in [0.15, 0.2) is 11.6 Å². The normalized spacial score (nSPS) is 9.63. The molecule has 0 aliphatic carbocycles. The average Bonchev–Trinajstić information content (AvgIpc) is 2.92. The van der Waals surface area contributed by atoms with E-state index >= 15 is 0 Å². The molecule has 0 fully saturated rings. The van der Waals surface area contributed by atoms with Crippen molar-refractivity contribution in [3.63, 3.8) is 0 Å². The number of nitrogens with zero attached hydrogens (tertiary/aromatic N) is 4. The second kappa shape index (κ2) is 18.2. The van der Waals surface area contributed by atoms with Crippen LogP contribution in [0.4, 0.5) is 0 Å². The van der Waals surface area contributed by atoms with Gasteiger partial charge in [-0.2, -0.15) is 9.97 Å². The van der Waals surface area contributed by atoms with Crippen molar-refractivity contribution in [2.24, 2.45) is 0 Å². The smallest absolute Gasteiger partial charge is 0.541 e. The van der Waals surface area contributed by atoms with Crippen LogP contribution in [0, 0.1) is 13.8 Å². The number of aromatic nitrogens is 4. The SMILES string of the molecule is COc1nc(C(=O)[O-])nc(C)c1Cc1ccccc1Cl.COc1nc(C(=O)[O-])nc(C)c1Cc1ccccc1Cl.O.O.[Mg+2]. The Morgan fingerprint density at radius 3 is 1.28 bits per heavy atom. The Hall–Kier alpha value is -3.59. The van der Waals surface area contributed by atoms with Gasteiger partial charge in [-0.15, -0.1) is 0 Å². The molecule has 2 aromatic carbocycles. The molecule has 0 amide bonds. The van der Waals surface area contributed by atoms with Crippen LogP contribution in [-0.4, -0.2) is 80.1 Å². The van der Waals surface area contributed by atoms with Crippen molar-refractivity contribution in [3.8, 4) is 11.8 Å². The van der Waals surface area contributed by atoms with Crippen molar-refractivity contribution >= 4 is 58.2 Å². The van der Waals surface area contributed by atoms with Gasteiger partial charge in [-0.3, -0.25) is 0 Å². The zero-order valence-corrected chi connectivity index (χ0v) is 26.7. The van der Waals surface area contributed by atoms with Crippen molar-refractivity contribution in [2.45, 2.75) is 26.7 Å². The van der Waals surface area contributed by atoms with Crippen molar-refractivity contribution in [1.29, 1.82) is 0 Å². The van der Waals surface area contributed by atoms with Gasteiger partial charge in [0.2, 0.25) is 11.8 Å². The first-order valence-electron chi connectivity index (χ1n) is 11.8. The van der Waals surface area contributed by atoms with Gasteiger partial charge in [-0.1, -0.05) is 59.6 Å². The van der Waals surface area contributed by atoms with Gasteiger partial charge in [0.25, 0.3) is 0 Å².